The highest BCUT2D eigenvalue weighted by molar-refractivity contribution is 5.70. The van der Waals surface area contributed by atoms with Gasteiger partial charge in [-0.2, -0.15) is 0 Å². The summed E-state index contributed by atoms with van der Waals surface area (Å²) < 4.78 is 0. The first-order valence-corrected chi connectivity index (χ1v) is 7.64. The molecule has 2 N–H and O–H groups in total. The fourth-order valence-corrected chi connectivity index (χ4v) is 3.55. The van der Waals surface area contributed by atoms with E-state index in [1.807, 2.05) is 0 Å². The largest absolute Gasteiger partial charge is 0.481 e. The molecule has 0 saturated heterocycles. The second-order valence-corrected chi connectivity index (χ2v) is 6.38. The number of hydrogen-bond acceptors (Lipinski definition) is 2. The van der Waals surface area contributed by atoms with Crippen LogP contribution in [0.5, 0.6) is 0 Å². The fraction of sp³-hybridized carbons (Fsp3) is 0.933. The molecule has 2 aliphatic rings. The summed E-state index contributed by atoms with van der Waals surface area (Å²) in [5.74, 6) is 0.159. The summed E-state index contributed by atoms with van der Waals surface area (Å²) >= 11 is 0. The van der Waals surface area contributed by atoms with Crippen LogP contribution >= 0.6 is 0 Å². The Morgan fingerprint density at radius 1 is 1.00 bits per heavy atom. The maximum atomic E-state index is 11.1. The molecule has 4 atom stereocenters. The summed E-state index contributed by atoms with van der Waals surface area (Å²) in [5.41, 5.74) is 0. The van der Waals surface area contributed by atoms with Crippen LogP contribution in [-0.4, -0.2) is 23.2 Å². The van der Waals surface area contributed by atoms with Crippen molar-refractivity contribution in [2.24, 2.45) is 11.8 Å². The van der Waals surface area contributed by atoms with E-state index in [2.05, 4.69) is 12.2 Å². The quantitative estimate of drug-likeness (QED) is 0.759. The van der Waals surface area contributed by atoms with E-state index in [-0.39, 0.29) is 5.92 Å². The zero-order valence-electron chi connectivity index (χ0n) is 11.5. The minimum Gasteiger partial charge on any atom is -0.481 e. The van der Waals surface area contributed by atoms with Gasteiger partial charge in [0.15, 0.2) is 0 Å². The van der Waals surface area contributed by atoms with Gasteiger partial charge in [-0.1, -0.05) is 26.2 Å². The van der Waals surface area contributed by atoms with Crippen LogP contribution in [0.3, 0.4) is 0 Å². The molecule has 2 aliphatic carbocycles. The molecule has 4 unspecified atom stereocenters. The molecule has 0 bridgehead atoms. The molecule has 18 heavy (non-hydrogen) atoms. The number of carbonyl (C=O) groups is 1. The van der Waals surface area contributed by atoms with Gasteiger partial charge in [-0.25, -0.2) is 0 Å². The van der Waals surface area contributed by atoms with Crippen LogP contribution in [0.25, 0.3) is 0 Å². The van der Waals surface area contributed by atoms with Crippen molar-refractivity contribution in [1.29, 1.82) is 0 Å². The van der Waals surface area contributed by atoms with E-state index in [0.29, 0.717) is 12.1 Å². The number of carboxylic acid groups (broad SMARTS) is 1. The fourth-order valence-electron chi connectivity index (χ4n) is 3.55. The molecule has 0 spiro atoms. The van der Waals surface area contributed by atoms with E-state index in [9.17, 15) is 4.79 Å². The first-order valence-electron chi connectivity index (χ1n) is 7.64. The number of carboxylic acids is 1. The normalized spacial score (nSPS) is 38.1. The Bertz CT molecular complexity index is 280. The highest BCUT2D eigenvalue weighted by atomic mass is 16.4. The Kier molecular flexibility index (Phi) is 5.04. The molecule has 2 rings (SSSR count). The highest BCUT2D eigenvalue weighted by Crippen LogP contribution is 2.27. The Balaban J connectivity index is 1.79. The minimum absolute atomic E-state index is 0.110. The minimum atomic E-state index is -0.601. The van der Waals surface area contributed by atoms with Crippen molar-refractivity contribution in [2.75, 3.05) is 0 Å². The molecule has 0 radical (unpaired) electrons. The van der Waals surface area contributed by atoms with E-state index < -0.39 is 5.97 Å². The average Bonchev–Trinajstić information content (AvgIpc) is 2.55. The molecule has 3 nitrogen and oxygen atoms in total. The van der Waals surface area contributed by atoms with Gasteiger partial charge >= 0.3 is 5.97 Å². The smallest absolute Gasteiger partial charge is 0.306 e. The molecule has 104 valence electrons. The topological polar surface area (TPSA) is 49.3 Å². The van der Waals surface area contributed by atoms with E-state index in [1.165, 1.54) is 32.1 Å². The van der Waals surface area contributed by atoms with Crippen molar-refractivity contribution < 1.29 is 9.90 Å². The first kappa shape index (κ1) is 13.9. The van der Waals surface area contributed by atoms with Crippen LogP contribution in [0.15, 0.2) is 0 Å². The standard InChI is InChI=1S/C15H27NO2/c1-11-4-2-6-13(9-8-11)16-14-7-3-5-12(10-14)15(17)18/h11-14,16H,2-10H2,1H3,(H,17,18). The Hall–Kier alpha value is -0.570. The second-order valence-electron chi connectivity index (χ2n) is 6.38. The van der Waals surface area contributed by atoms with Crippen LogP contribution in [0.4, 0.5) is 0 Å². The molecule has 2 saturated carbocycles. The summed E-state index contributed by atoms with van der Waals surface area (Å²) in [6.07, 6.45) is 10.5. The van der Waals surface area contributed by atoms with Crippen LogP contribution in [0, 0.1) is 11.8 Å². The second kappa shape index (κ2) is 6.55. The van der Waals surface area contributed by atoms with Gasteiger partial charge in [0.1, 0.15) is 0 Å². The number of rotatable bonds is 3. The van der Waals surface area contributed by atoms with Gasteiger partial charge in [0.2, 0.25) is 0 Å². The van der Waals surface area contributed by atoms with E-state index in [4.69, 9.17) is 5.11 Å². The number of hydrogen-bond donors (Lipinski definition) is 2. The van der Waals surface area contributed by atoms with Gasteiger partial charge in [0.05, 0.1) is 5.92 Å². The molecule has 0 amide bonds. The molecule has 3 heteroatoms. The molecule has 2 fully saturated rings. The van der Waals surface area contributed by atoms with Crippen molar-refractivity contribution in [3.05, 3.63) is 0 Å². The summed E-state index contributed by atoms with van der Waals surface area (Å²) in [7, 11) is 0. The zero-order chi connectivity index (χ0) is 13.0. The molecular weight excluding hydrogens is 226 g/mol. The maximum absolute atomic E-state index is 11.1. The molecule has 0 aromatic carbocycles. The van der Waals surface area contributed by atoms with Gasteiger partial charge in [0, 0.05) is 12.1 Å². The molecule has 0 aliphatic heterocycles. The van der Waals surface area contributed by atoms with Crippen molar-refractivity contribution in [3.8, 4) is 0 Å². The molecule has 0 aromatic rings. The lowest BCUT2D eigenvalue weighted by atomic mass is 9.85. The van der Waals surface area contributed by atoms with Crippen molar-refractivity contribution in [1.82, 2.24) is 5.32 Å². The average molecular weight is 253 g/mol. The van der Waals surface area contributed by atoms with Gasteiger partial charge in [-0.3, -0.25) is 4.79 Å². The SMILES string of the molecule is CC1CCCC(NC2CCCC(C(=O)O)C2)CC1. The van der Waals surface area contributed by atoms with E-state index in [1.54, 1.807) is 0 Å². The van der Waals surface area contributed by atoms with Gasteiger partial charge in [-0.15, -0.1) is 0 Å². The predicted octanol–water partition coefficient (Wildman–Crippen LogP) is 3.19. The Labute approximate surface area is 110 Å². The third-order valence-electron chi connectivity index (χ3n) is 4.75. The monoisotopic (exact) mass is 253 g/mol. The highest BCUT2D eigenvalue weighted by Gasteiger charge is 2.28. The van der Waals surface area contributed by atoms with Gasteiger partial charge < -0.3 is 10.4 Å². The lowest BCUT2D eigenvalue weighted by Gasteiger charge is -2.31. The van der Waals surface area contributed by atoms with Crippen molar-refractivity contribution in [3.63, 3.8) is 0 Å². The van der Waals surface area contributed by atoms with Gasteiger partial charge in [0.25, 0.3) is 0 Å². The third-order valence-corrected chi connectivity index (χ3v) is 4.75. The lowest BCUT2D eigenvalue weighted by molar-refractivity contribution is -0.143. The molecule has 0 aromatic heterocycles. The van der Waals surface area contributed by atoms with Crippen molar-refractivity contribution >= 4 is 5.97 Å². The Morgan fingerprint density at radius 3 is 2.50 bits per heavy atom. The van der Waals surface area contributed by atoms with Crippen LogP contribution in [0.1, 0.15) is 64.7 Å². The van der Waals surface area contributed by atoms with Crippen LogP contribution in [-0.2, 0) is 4.79 Å². The van der Waals surface area contributed by atoms with E-state index >= 15 is 0 Å². The summed E-state index contributed by atoms with van der Waals surface area (Å²) in [6, 6.07) is 1.07. The van der Waals surface area contributed by atoms with Crippen LogP contribution < -0.4 is 5.32 Å². The maximum Gasteiger partial charge on any atom is 0.306 e. The lowest BCUT2D eigenvalue weighted by Crippen LogP contribution is -2.42. The predicted molar refractivity (Wildman–Crippen MR) is 72.6 cm³/mol. The summed E-state index contributed by atoms with van der Waals surface area (Å²) in [5, 5.41) is 12.9. The van der Waals surface area contributed by atoms with Gasteiger partial charge in [-0.05, 0) is 44.4 Å². The summed E-state index contributed by atoms with van der Waals surface area (Å²) in [4.78, 5) is 11.1. The molecule has 0 heterocycles. The zero-order valence-corrected chi connectivity index (χ0v) is 11.5. The van der Waals surface area contributed by atoms with Crippen LogP contribution in [0.2, 0.25) is 0 Å². The number of aliphatic carboxylic acids is 1. The first-order chi connectivity index (χ1) is 8.65. The summed E-state index contributed by atoms with van der Waals surface area (Å²) in [6.45, 7) is 2.35. The molecular formula is C15H27NO2. The Morgan fingerprint density at radius 2 is 1.72 bits per heavy atom. The van der Waals surface area contributed by atoms with E-state index in [0.717, 1.165) is 31.6 Å². The number of nitrogens with one attached hydrogen (secondary N) is 1. The third kappa shape index (κ3) is 3.98. The van der Waals surface area contributed by atoms with Crippen molar-refractivity contribution in [2.45, 2.75) is 76.8 Å².